The molecule has 0 unspecified atom stereocenters. The highest BCUT2D eigenvalue weighted by Crippen LogP contribution is 2.00. The number of hydrogen-bond acceptors (Lipinski definition) is 3. The van der Waals surface area contributed by atoms with Crippen LogP contribution in [0.3, 0.4) is 0 Å². The lowest BCUT2D eigenvalue weighted by atomic mass is 10.3. The summed E-state index contributed by atoms with van der Waals surface area (Å²) in [7, 11) is 0. The van der Waals surface area contributed by atoms with Crippen LogP contribution in [0.25, 0.3) is 0 Å². The molecule has 0 saturated heterocycles. The van der Waals surface area contributed by atoms with E-state index in [0.29, 0.717) is 18.8 Å². The SMILES string of the molecule is CCOC(C=C(C)C=O)OCC. The predicted molar refractivity (Wildman–Crippen MR) is 46.9 cm³/mol. The molecule has 0 radical (unpaired) electrons. The van der Waals surface area contributed by atoms with Crippen molar-refractivity contribution in [1.29, 1.82) is 0 Å². The van der Waals surface area contributed by atoms with Crippen molar-refractivity contribution in [2.24, 2.45) is 0 Å². The number of carbonyl (C=O) groups excluding carboxylic acids is 1. The highest BCUT2D eigenvalue weighted by Gasteiger charge is 2.02. The monoisotopic (exact) mass is 172 g/mol. The van der Waals surface area contributed by atoms with Gasteiger partial charge in [-0.3, -0.25) is 4.79 Å². The van der Waals surface area contributed by atoms with Gasteiger partial charge in [-0.05, 0) is 32.4 Å². The van der Waals surface area contributed by atoms with E-state index in [2.05, 4.69) is 0 Å². The van der Waals surface area contributed by atoms with Crippen molar-refractivity contribution in [2.75, 3.05) is 13.2 Å². The molecule has 0 bridgehead atoms. The third-order valence-electron chi connectivity index (χ3n) is 1.25. The lowest BCUT2D eigenvalue weighted by Gasteiger charge is -2.12. The lowest BCUT2D eigenvalue weighted by molar-refractivity contribution is -0.109. The summed E-state index contributed by atoms with van der Waals surface area (Å²) < 4.78 is 10.4. The molecule has 3 heteroatoms. The molecule has 12 heavy (non-hydrogen) atoms. The summed E-state index contributed by atoms with van der Waals surface area (Å²) in [5, 5.41) is 0. The second-order valence-electron chi connectivity index (χ2n) is 2.31. The van der Waals surface area contributed by atoms with E-state index >= 15 is 0 Å². The van der Waals surface area contributed by atoms with Crippen LogP contribution in [-0.2, 0) is 14.3 Å². The molecule has 0 aliphatic carbocycles. The number of hydrogen-bond donors (Lipinski definition) is 0. The summed E-state index contributed by atoms with van der Waals surface area (Å²) in [4.78, 5) is 10.3. The van der Waals surface area contributed by atoms with E-state index < -0.39 is 0 Å². The molecule has 0 rings (SSSR count). The first-order valence-corrected chi connectivity index (χ1v) is 4.11. The minimum atomic E-state index is -0.384. The first-order valence-electron chi connectivity index (χ1n) is 4.11. The molecular formula is C9H16O3. The van der Waals surface area contributed by atoms with Crippen LogP contribution < -0.4 is 0 Å². The summed E-state index contributed by atoms with van der Waals surface area (Å²) in [6.07, 6.45) is 2.07. The number of carbonyl (C=O) groups is 1. The first-order chi connectivity index (χ1) is 5.74. The van der Waals surface area contributed by atoms with Crippen LogP contribution in [0.4, 0.5) is 0 Å². The Morgan fingerprint density at radius 3 is 2.17 bits per heavy atom. The van der Waals surface area contributed by atoms with Crippen molar-refractivity contribution >= 4 is 6.29 Å². The Bertz CT molecular complexity index is 146. The topological polar surface area (TPSA) is 35.5 Å². The third kappa shape index (κ3) is 5.04. The molecule has 0 atom stereocenters. The second kappa shape index (κ2) is 7.00. The largest absolute Gasteiger partial charge is 0.349 e. The normalized spacial score (nSPS) is 12.2. The molecule has 0 aromatic heterocycles. The molecule has 0 aromatic carbocycles. The van der Waals surface area contributed by atoms with Crippen molar-refractivity contribution in [1.82, 2.24) is 0 Å². The lowest BCUT2D eigenvalue weighted by Crippen LogP contribution is -2.15. The fourth-order valence-corrected chi connectivity index (χ4v) is 0.727. The maximum Gasteiger partial charge on any atom is 0.177 e. The van der Waals surface area contributed by atoms with Gasteiger partial charge in [0, 0.05) is 13.2 Å². The van der Waals surface area contributed by atoms with Crippen molar-refractivity contribution < 1.29 is 14.3 Å². The third-order valence-corrected chi connectivity index (χ3v) is 1.25. The van der Waals surface area contributed by atoms with Gasteiger partial charge in [0.05, 0.1) is 0 Å². The van der Waals surface area contributed by atoms with E-state index in [1.165, 1.54) is 0 Å². The Labute approximate surface area is 73.4 Å². The maximum absolute atomic E-state index is 10.3. The quantitative estimate of drug-likeness (QED) is 0.346. The Kier molecular flexibility index (Phi) is 6.61. The first kappa shape index (κ1) is 11.3. The number of aldehydes is 1. The van der Waals surface area contributed by atoms with Crippen molar-refractivity contribution in [3.63, 3.8) is 0 Å². The minimum absolute atomic E-state index is 0.384. The highest BCUT2D eigenvalue weighted by atomic mass is 16.7. The predicted octanol–water partition coefficient (Wildman–Crippen LogP) is 1.53. The van der Waals surface area contributed by atoms with Crippen LogP contribution in [0.5, 0.6) is 0 Å². The molecule has 0 heterocycles. The number of rotatable bonds is 6. The van der Waals surface area contributed by atoms with Crippen LogP contribution in [0.15, 0.2) is 11.6 Å². The van der Waals surface area contributed by atoms with Crippen LogP contribution in [-0.4, -0.2) is 25.8 Å². The molecule has 0 N–H and O–H groups in total. The molecule has 0 aliphatic rings. The van der Waals surface area contributed by atoms with E-state index in [1.54, 1.807) is 13.0 Å². The van der Waals surface area contributed by atoms with E-state index in [1.807, 2.05) is 13.8 Å². The van der Waals surface area contributed by atoms with E-state index in [0.717, 1.165) is 6.29 Å². The summed E-state index contributed by atoms with van der Waals surface area (Å²) in [6, 6.07) is 0. The maximum atomic E-state index is 10.3. The smallest absolute Gasteiger partial charge is 0.177 e. The molecular weight excluding hydrogens is 156 g/mol. The zero-order chi connectivity index (χ0) is 9.40. The molecule has 0 amide bonds. The average molecular weight is 172 g/mol. The molecule has 70 valence electrons. The van der Waals surface area contributed by atoms with Gasteiger partial charge in [-0.25, -0.2) is 0 Å². The Balaban J connectivity index is 4.00. The van der Waals surface area contributed by atoms with Gasteiger partial charge in [0.25, 0.3) is 0 Å². The molecule has 0 saturated carbocycles. The zero-order valence-corrected chi connectivity index (χ0v) is 7.87. The summed E-state index contributed by atoms with van der Waals surface area (Å²) in [5.41, 5.74) is 0.627. The van der Waals surface area contributed by atoms with Gasteiger partial charge in [0.2, 0.25) is 0 Å². The van der Waals surface area contributed by atoms with E-state index in [-0.39, 0.29) is 6.29 Å². The van der Waals surface area contributed by atoms with Gasteiger partial charge < -0.3 is 9.47 Å². The Morgan fingerprint density at radius 1 is 1.33 bits per heavy atom. The summed E-state index contributed by atoms with van der Waals surface area (Å²) >= 11 is 0. The van der Waals surface area contributed by atoms with Crippen LogP contribution in [0.2, 0.25) is 0 Å². The standard InChI is InChI=1S/C9H16O3/c1-4-11-9(12-5-2)6-8(3)7-10/h6-7,9H,4-5H2,1-3H3. The van der Waals surface area contributed by atoms with E-state index in [9.17, 15) is 4.79 Å². The Morgan fingerprint density at radius 2 is 1.83 bits per heavy atom. The second-order valence-corrected chi connectivity index (χ2v) is 2.31. The fraction of sp³-hybridized carbons (Fsp3) is 0.667. The highest BCUT2D eigenvalue weighted by molar-refractivity contribution is 5.72. The number of ether oxygens (including phenoxy) is 2. The average Bonchev–Trinajstić information content (AvgIpc) is 2.05. The van der Waals surface area contributed by atoms with Crippen LogP contribution in [0.1, 0.15) is 20.8 Å². The van der Waals surface area contributed by atoms with Crippen molar-refractivity contribution in [3.8, 4) is 0 Å². The summed E-state index contributed by atoms with van der Waals surface area (Å²) in [6.45, 7) is 6.64. The fourth-order valence-electron chi connectivity index (χ4n) is 0.727. The molecule has 0 aromatic rings. The zero-order valence-electron chi connectivity index (χ0n) is 7.87. The van der Waals surface area contributed by atoms with Gasteiger partial charge in [-0.1, -0.05) is 0 Å². The van der Waals surface area contributed by atoms with Gasteiger partial charge in [-0.15, -0.1) is 0 Å². The minimum Gasteiger partial charge on any atom is -0.349 e. The van der Waals surface area contributed by atoms with Crippen molar-refractivity contribution in [3.05, 3.63) is 11.6 Å². The Hall–Kier alpha value is -0.670. The van der Waals surface area contributed by atoms with Gasteiger partial charge in [0.1, 0.15) is 6.29 Å². The number of allylic oxidation sites excluding steroid dienone is 1. The molecule has 0 aliphatic heterocycles. The van der Waals surface area contributed by atoms with Gasteiger partial charge in [-0.2, -0.15) is 0 Å². The van der Waals surface area contributed by atoms with Gasteiger partial charge in [0.15, 0.2) is 6.29 Å². The summed E-state index contributed by atoms with van der Waals surface area (Å²) in [5.74, 6) is 0. The van der Waals surface area contributed by atoms with Crippen molar-refractivity contribution in [2.45, 2.75) is 27.1 Å². The van der Waals surface area contributed by atoms with Crippen LogP contribution in [0, 0.1) is 0 Å². The molecule has 0 spiro atoms. The van der Waals surface area contributed by atoms with Crippen LogP contribution >= 0.6 is 0 Å². The molecule has 3 nitrogen and oxygen atoms in total. The van der Waals surface area contributed by atoms with E-state index in [4.69, 9.17) is 9.47 Å². The molecule has 0 fully saturated rings. The van der Waals surface area contributed by atoms with Gasteiger partial charge >= 0.3 is 0 Å².